The van der Waals surface area contributed by atoms with Gasteiger partial charge in [0.2, 0.25) is 15.9 Å². The number of sulfonamides is 1. The van der Waals surface area contributed by atoms with Crippen LogP contribution in [0.3, 0.4) is 0 Å². The number of carboxylic acid groups (broad SMARTS) is 1. The number of nitrogens with one attached hydrogen (secondary N) is 1. The smallest absolute Gasteiger partial charge is 0.311 e. The first-order chi connectivity index (χ1) is 11.7. The van der Waals surface area contributed by atoms with Crippen LogP contribution < -0.4 is 4.72 Å². The summed E-state index contributed by atoms with van der Waals surface area (Å²) in [6.07, 6.45) is 3.58. The van der Waals surface area contributed by atoms with Crippen LogP contribution in [0.4, 0.5) is 5.69 Å². The van der Waals surface area contributed by atoms with Crippen molar-refractivity contribution >= 4 is 27.6 Å². The molecule has 0 unspecified atom stereocenters. The molecule has 1 amide bonds. The molecule has 2 N–H and O–H groups in total. The summed E-state index contributed by atoms with van der Waals surface area (Å²) in [4.78, 5) is 26.0. The van der Waals surface area contributed by atoms with Gasteiger partial charge in [-0.25, -0.2) is 8.42 Å². The lowest BCUT2D eigenvalue weighted by Crippen LogP contribution is -2.37. The molecule has 0 bridgehead atoms. The van der Waals surface area contributed by atoms with Crippen LogP contribution in [0.2, 0.25) is 0 Å². The highest BCUT2D eigenvalue weighted by molar-refractivity contribution is 7.92. The predicted molar refractivity (Wildman–Crippen MR) is 92.6 cm³/mol. The van der Waals surface area contributed by atoms with Gasteiger partial charge in [-0.2, -0.15) is 0 Å². The summed E-state index contributed by atoms with van der Waals surface area (Å²) in [6, 6.07) is 6.69. The second-order valence-corrected chi connectivity index (χ2v) is 8.82. The number of amides is 1. The molecule has 1 saturated carbocycles. The van der Waals surface area contributed by atoms with Gasteiger partial charge in [-0.3, -0.25) is 14.3 Å². The van der Waals surface area contributed by atoms with Crippen molar-refractivity contribution in [3.8, 4) is 0 Å². The van der Waals surface area contributed by atoms with E-state index in [1.54, 1.807) is 29.2 Å². The number of fused-ring (bicyclic) bond motifs is 1. The first-order valence-electron chi connectivity index (χ1n) is 8.27. The average Bonchev–Trinajstić information content (AvgIpc) is 3.03. The van der Waals surface area contributed by atoms with Gasteiger partial charge in [-0.15, -0.1) is 0 Å². The number of benzene rings is 1. The first kappa shape index (κ1) is 17.7. The Morgan fingerprint density at radius 3 is 2.80 bits per heavy atom. The van der Waals surface area contributed by atoms with Gasteiger partial charge in [0, 0.05) is 18.8 Å². The van der Waals surface area contributed by atoms with Crippen molar-refractivity contribution in [3.05, 3.63) is 29.8 Å². The van der Waals surface area contributed by atoms with Crippen molar-refractivity contribution in [2.45, 2.75) is 25.7 Å². The van der Waals surface area contributed by atoms with Gasteiger partial charge in [0.05, 0.1) is 18.1 Å². The fourth-order valence-electron chi connectivity index (χ4n) is 4.07. The van der Waals surface area contributed by atoms with Crippen LogP contribution in [0.25, 0.3) is 0 Å². The highest BCUT2D eigenvalue weighted by Gasteiger charge is 2.55. The summed E-state index contributed by atoms with van der Waals surface area (Å²) in [5.74, 6) is -0.886. The highest BCUT2D eigenvalue weighted by Crippen LogP contribution is 2.48. The van der Waals surface area contributed by atoms with E-state index in [1.807, 2.05) is 0 Å². The lowest BCUT2D eigenvalue weighted by Gasteiger charge is -2.23. The molecule has 0 spiro atoms. The molecular formula is C17H22N2O5S. The van der Waals surface area contributed by atoms with Crippen LogP contribution in [0.15, 0.2) is 24.3 Å². The second kappa shape index (κ2) is 6.33. The normalized spacial score (nSPS) is 25.6. The number of anilines is 1. The third-order valence-electron chi connectivity index (χ3n) is 5.23. The van der Waals surface area contributed by atoms with E-state index < -0.39 is 21.4 Å². The number of aliphatic carboxylic acids is 1. The second-order valence-electron chi connectivity index (χ2n) is 7.08. The summed E-state index contributed by atoms with van der Waals surface area (Å²) in [7, 11) is -3.38. The van der Waals surface area contributed by atoms with Crippen LogP contribution in [0, 0.1) is 11.3 Å². The Kier molecular flexibility index (Phi) is 4.49. The largest absolute Gasteiger partial charge is 0.481 e. The fraction of sp³-hybridized carbons (Fsp3) is 0.529. The van der Waals surface area contributed by atoms with Gasteiger partial charge in [-0.05, 0) is 36.5 Å². The summed E-state index contributed by atoms with van der Waals surface area (Å²) < 4.78 is 25.0. The fourth-order valence-corrected chi connectivity index (χ4v) is 4.63. The minimum absolute atomic E-state index is 0.0344. The van der Waals surface area contributed by atoms with Crippen molar-refractivity contribution in [2.75, 3.05) is 24.1 Å². The third kappa shape index (κ3) is 3.63. The van der Waals surface area contributed by atoms with Crippen molar-refractivity contribution in [1.29, 1.82) is 0 Å². The molecule has 1 saturated heterocycles. The zero-order chi connectivity index (χ0) is 18.2. The molecule has 0 radical (unpaired) electrons. The Labute approximate surface area is 147 Å². The van der Waals surface area contributed by atoms with E-state index in [9.17, 15) is 23.1 Å². The molecule has 25 heavy (non-hydrogen) atoms. The monoisotopic (exact) mass is 366 g/mol. The Balaban J connectivity index is 1.69. The zero-order valence-electron chi connectivity index (χ0n) is 14.1. The molecule has 1 aliphatic carbocycles. The number of carbonyl (C=O) groups excluding carboxylic acids is 1. The molecular weight excluding hydrogens is 344 g/mol. The molecule has 1 aromatic rings. The number of likely N-dealkylation sites (tertiary alicyclic amines) is 1. The van der Waals surface area contributed by atoms with Gasteiger partial charge in [0.15, 0.2) is 0 Å². The van der Waals surface area contributed by atoms with Crippen LogP contribution in [0.1, 0.15) is 24.8 Å². The third-order valence-corrected chi connectivity index (χ3v) is 5.84. The summed E-state index contributed by atoms with van der Waals surface area (Å²) >= 11 is 0. The number of hydrogen-bond donors (Lipinski definition) is 2. The maximum atomic E-state index is 12.6. The predicted octanol–water partition coefficient (Wildman–Crippen LogP) is 1.31. The van der Waals surface area contributed by atoms with E-state index >= 15 is 0 Å². The molecule has 136 valence electrons. The lowest BCUT2D eigenvalue weighted by atomic mass is 9.81. The number of rotatable bonds is 5. The van der Waals surface area contributed by atoms with Crippen molar-refractivity contribution < 1.29 is 23.1 Å². The van der Waals surface area contributed by atoms with E-state index in [4.69, 9.17) is 0 Å². The Bertz CT molecular complexity index is 807. The van der Waals surface area contributed by atoms with Gasteiger partial charge in [-0.1, -0.05) is 18.6 Å². The van der Waals surface area contributed by atoms with E-state index in [0.717, 1.165) is 19.1 Å². The van der Waals surface area contributed by atoms with Crippen LogP contribution in [-0.2, 0) is 26.0 Å². The van der Waals surface area contributed by atoms with Crippen molar-refractivity contribution in [2.24, 2.45) is 11.3 Å². The first-order valence-corrected chi connectivity index (χ1v) is 10.2. The number of nitrogens with zero attached hydrogens (tertiary/aromatic N) is 1. The maximum Gasteiger partial charge on any atom is 0.311 e. The average molecular weight is 366 g/mol. The molecule has 1 aromatic carbocycles. The molecule has 2 aliphatic rings. The van der Waals surface area contributed by atoms with Crippen molar-refractivity contribution in [3.63, 3.8) is 0 Å². The lowest BCUT2D eigenvalue weighted by molar-refractivity contribution is -0.149. The molecule has 7 nitrogen and oxygen atoms in total. The Hall–Kier alpha value is -2.09. The molecule has 2 fully saturated rings. The van der Waals surface area contributed by atoms with Gasteiger partial charge in [0.1, 0.15) is 0 Å². The van der Waals surface area contributed by atoms with E-state index in [0.29, 0.717) is 24.2 Å². The molecule has 2 atom stereocenters. The molecule has 1 heterocycles. The molecule has 1 aliphatic heterocycles. The van der Waals surface area contributed by atoms with Gasteiger partial charge in [0.25, 0.3) is 0 Å². The van der Waals surface area contributed by atoms with Crippen LogP contribution >= 0.6 is 0 Å². The zero-order valence-corrected chi connectivity index (χ0v) is 14.9. The number of carboxylic acids is 1. The van der Waals surface area contributed by atoms with E-state index in [1.165, 1.54) is 0 Å². The molecule has 0 aromatic heterocycles. The molecule has 8 heteroatoms. The SMILES string of the molecule is CS(=O)(=O)Nc1cccc(CC(=O)N2C[C@@H]3CCC[C@@]3(C(=O)O)C2)c1. The van der Waals surface area contributed by atoms with Crippen LogP contribution in [-0.4, -0.2) is 49.6 Å². The van der Waals surface area contributed by atoms with E-state index in [-0.39, 0.29) is 24.8 Å². The van der Waals surface area contributed by atoms with Crippen LogP contribution in [0.5, 0.6) is 0 Å². The Morgan fingerprint density at radius 1 is 1.40 bits per heavy atom. The summed E-state index contributed by atoms with van der Waals surface area (Å²) in [5.41, 5.74) is 0.322. The summed E-state index contributed by atoms with van der Waals surface area (Å²) in [5, 5.41) is 9.60. The Morgan fingerprint density at radius 2 is 2.16 bits per heavy atom. The quantitative estimate of drug-likeness (QED) is 0.818. The molecule has 3 rings (SSSR count). The number of carbonyl (C=O) groups is 2. The topological polar surface area (TPSA) is 104 Å². The maximum absolute atomic E-state index is 12.6. The van der Waals surface area contributed by atoms with Gasteiger partial charge >= 0.3 is 5.97 Å². The van der Waals surface area contributed by atoms with Crippen molar-refractivity contribution in [1.82, 2.24) is 4.90 Å². The number of hydrogen-bond acceptors (Lipinski definition) is 4. The summed E-state index contributed by atoms with van der Waals surface area (Å²) in [6.45, 7) is 0.763. The highest BCUT2D eigenvalue weighted by atomic mass is 32.2. The minimum Gasteiger partial charge on any atom is -0.481 e. The van der Waals surface area contributed by atoms with Gasteiger partial charge < -0.3 is 10.0 Å². The van der Waals surface area contributed by atoms with E-state index in [2.05, 4.69) is 4.72 Å². The standard InChI is InChI=1S/C17H22N2O5S/c1-25(23,24)18-14-6-2-4-12(8-14)9-15(20)19-10-13-5-3-7-17(13,11-19)16(21)22/h2,4,6,8,13,18H,3,5,7,9-11H2,1H3,(H,21,22)/t13-,17+/m0/s1. The minimum atomic E-state index is -3.38.